The zero-order valence-corrected chi connectivity index (χ0v) is 19.1. The molecule has 0 saturated heterocycles. The minimum absolute atomic E-state index is 0.124. The Morgan fingerprint density at radius 2 is 1.58 bits per heavy atom. The Morgan fingerprint density at radius 1 is 0.909 bits per heavy atom. The molecule has 33 heavy (non-hydrogen) atoms. The number of unbranched alkanes of at least 4 members (excludes halogenated alkanes) is 2. The summed E-state index contributed by atoms with van der Waals surface area (Å²) < 4.78 is 42.8. The van der Waals surface area contributed by atoms with Gasteiger partial charge in [-0.2, -0.15) is 0 Å². The topological polar surface area (TPSA) is 132 Å². The number of amides is 2. The Bertz CT molecular complexity index is 1070. The number of carbonyl (C=O) groups is 2. The summed E-state index contributed by atoms with van der Waals surface area (Å²) in [4.78, 5) is 23.4. The second kappa shape index (κ2) is 11.5. The third kappa shape index (κ3) is 7.36. The number of methoxy groups -OCH3 is 1. The number of nitrogens with one attached hydrogen (secondary N) is 3. The van der Waals surface area contributed by atoms with Crippen molar-refractivity contribution in [3.05, 3.63) is 42.5 Å². The van der Waals surface area contributed by atoms with Gasteiger partial charge in [-0.1, -0.05) is 6.42 Å². The van der Waals surface area contributed by atoms with Crippen LogP contribution in [0.3, 0.4) is 0 Å². The van der Waals surface area contributed by atoms with Crippen molar-refractivity contribution in [1.82, 2.24) is 4.72 Å². The Morgan fingerprint density at radius 3 is 2.27 bits per heavy atom. The second-order valence-corrected chi connectivity index (χ2v) is 9.02. The SMILES string of the molecule is COC(=O)Nc1ccc(NC(=O)CCCCCNS(=O)(=O)c2ccc3c(c2)OCCO3)cc1. The van der Waals surface area contributed by atoms with Crippen molar-refractivity contribution >= 4 is 33.4 Å². The smallest absolute Gasteiger partial charge is 0.411 e. The molecule has 0 atom stereocenters. The summed E-state index contributed by atoms with van der Waals surface area (Å²) in [5.74, 6) is 0.817. The van der Waals surface area contributed by atoms with Gasteiger partial charge in [0.1, 0.15) is 13.2 Å². The molecule has 2 aromatic rings. The Kier molecular flexibility index (Phi) is 8.50. The molecule has 0 spiro atoms. The first-order valence-corrected chi connectivity index (χ1v) is 12.0. The van der Waals surface area contributed by atoms with Gasteiger partial charge in [0.15, 0.2) is 11.5 Å². The highest BCUT2D eigenvalue weighted by molar-refractivity contribution is 7.89. The summed E-state index contributed by atoms with van der Waals surface area (Å²) in [6, 6.07) is 11.2. The maximum atomic E-state index is 12.5. The van der Waals surface area contributed by atoms with E-state index in [1.807, 2.05) is 0 Å². The molecule has 1 aliphatic rings. The standard InChI is InChI=1S/C22H27N3O7S/c1-30-22(27)25-17-8-6-16(7-9-17)24-21(26)5-3-2-4-12-23-33(28,29)18-10-11-19-20(15-18)32-14-13-31-19/h6-11,15,23H,2-5,12-14H2,1H3,(H,24,26)(H,25,27). The van der Waals surface area contributed by atoms with Crippen molar-refractivity contribution in [3.8, 4) is 11.5 Å². The molecule has 0 saturated carbocycles. The van der Waals surface area contributed by atoms with Gasteiger partial charge < -0.3 is 19.5 Å². The van der Waals surface area contributed by atoms with E-state index in [-0.39, 0.29) is 17.3 Å². The molecule has 11 heteroatoms. The van der Waals surface area contributed by atoms with E-state index in [4.69, 9.17) is 9.47 Å². The lowest BCUT2D eigenvalue weighted by atomic mass is 10.2. The highest BCUT2D eigenvalue weighted by Gasteiger charge is 2.18. The van der Waals surface area contributed by atoms with Crippen molar-refractivity contribution in [2.75, 3.05) is 37.5 Å². The van der Waals surface area contributed by atoms with Crippen LogP contribution in [0.2, 0.25) is 0 Å². The molecule has 3 N–H and O–H groups in total. The minimum atomic E-state index is -3.65. The molecule has 0 fully saturated rings. The summed E-state index contributed by atoms with van der Waals surface area (Å²) >= 11 is 0. The van der Waals surface area contributed by atoms with E-state index in [1.54, 1.807) is 30.3 Å². The molecule has 1 heterocycles. The predicted molar refractivity (Wildman–Crippen MR) is 122 cm³/mol. The van der Waals surface area contributed by atoms with E-state index in [0.29, 0.717) is 61.8 Å². The number of hydrogen-bond donors (Lipinski definition) is 3. The minimum Gasteiger partial charge on any atom is -0.486 e. The Balaban J connectivity index is 1.34. The molecule has 3 rings (SSSR count). The Labute approximate surface area is 192 Å². The number of rotatable bonds is 10. The molecule has 2 aromatic carbocycles. The van der Waals surface area contributed by atoms with Gasteiger partial charge in [-0.25, -0.2) is 17.9 Å². The van der Waals surface area contributed by atoms with Crippen LogP contribution in [0.5, 0.6) is 11.5 Å². The van der Waals surface area contributed by atoms with Gasteiger partial charge >= 0.3 is 6.09 Å². The van der Waals surface area contributed by atoms with Crippen molar-refractivity contribution in [1.29, 1.82) is 0 Å². The van der Waals surface area contributed by atoms with Crippen molar-refractivity contribution in [2.45, 2.75) is 30.6 Å². The molecule has 178 valence electrons. The fraction of sp³-hybridized carbons (Fsp3) is 0.364. The van der Waals surface area contributed by atoms with Crippen LogP contribution in [0.15, 0.2) is 47.4 Å². The maximum Gasteiger partial charge on any atom is 0.411 e. The molecule has 0 unspecified atom stereocenters. The van der Waals surface area contributed by atoms with Crippen LogP contribution in [0.25, 0.3) is 0 Å². The monoisotopic (exact) mass is 477 g/mol. The van der Waals surface area contributed by atoms with Crippen molar-refractivity contribution in [2.24, 2.45) is 0 Å². The van der Waals surface area contributed by atoms with Crippen molar-refractivity contribution < 1.29 is 32.2 Å². The van der Waals surface area contributed by atoms with Gasteiger partial charge in [-0.15, -0.1) is 0 Å². The Hall–Kier alpha value is -3.31. The summed E-state index contributed by atoms with van der Waals surface area (Å²) in [6.45, 7) is 1.10. The van der Waals surface area contributed by atoms with Crippen LogP contribution in [0.1, 0.15) is 25.7 Å². The van der Waals surface area contributed by atoms with Gasteiger partial charge in [0.05, 0.1) is 12.0 Å². The molecule has 1 aliphatic heterocycles. The van der Waals surface area contributed by atoms with Gasteiger partial charge in [0.2, 0.25) is 15.9 Å². The molecular weight excluding hydrogens is 450 g/mol. The van der Waals surface area contributed by atoms with E-state index >= 15 is 0 Å². The van der Waals surface area contributed by atoms with Gasteiger partial charge in [0.25, 0.3) is 0 Å². The summed E-state index contributed by atoms with van der Waals surface area (Å²) in [7, 11) is -2.37. The zero-order valence-electron chi connectivity index (χ0n) is 18.3. The van der Waals surface area contributed by atoms with Gasteiger partial charge in [-0.3, -0.25) is 10.1 Å². The molecule has 0 aliphatic carbocycles. The molecule has 0 radical (unpaired) electrons. The lowest BCUT2D eigenvalue weighted by Crippen LogP contribution is -2.25. The van der Waals surface area contributed by atoms with Crippen LogP contribution < -0.4 is 24.8 Å². The van der Waals surface area contributed by atoms with E-state index in [9.17, 15) is 18.0 Å². The summed E-state index contributed by atoms with van der Waals surface area (Å²) in [5.41, 5.74) is 1.17. The average molecular weight is 478 g/mol. The summed E-state index contributed by atoms with van der Waals surface area (Å²) in [5, 5.41) is 5.31. The molecule has 0 bridgehead atoms. The molecule has 2 amide bonds. The molecule has 0 aromatic heterocycles. The number of fused-ring (bicyclic) bond motifs is 1. The van der Waals surface area contributed by atoms with Gasteiger partial charge in [0, 0.05) is 30.4 Å². The second-order valence-electron chi connectivity index (χ2n) is 7.26. The highest BCUT2D eigenvalue weighted by atomic mass is 32.2. The molecular formula is C22H27N3O7S. The van der Waals surface area contributed by atoms with Crippen molar-refractivity contribution in [3.63, 3.8) is 0 Å². The fourth-order valence-electron chi connectivity index (χ4n) is 3.10. The quantitative estimate of drug-likeness (QED) is 0.448. The number of sulfonamides is 1. The predicted octanol–water partition coefficient (Wildman–Crippen LogP) is 3.11. The van der Waals surface area contributed by atoms with Crippen LogP contribution in [0, 0.1) is 0 Å². The van der Waals surface area contributed by atoms with Crippen LogP contribution in [0.4, 0.5) is 16.2 Å². The van der Waals surface area contributed by atoms with E-state index < -0.39 is 16.1 Å². The zero-order chi connectivity index (χ0) is 23.7. The van der Waals surface area contributed by atoms with E-state index in [1.165, 1.54) is 19.2 Å². The third-order valence-electron chi connectivity index (χ3n) is 4.80. The fourth-order valence-corrected chi connectivity index (χ4v) is 4.19. The largest absolute Gasteiger partial charge is 0.486 e. The maximum absolute atomic E-state index is 12.5. The van der Waals surface area contributed by atoms with E-state index in [0.717, 1.165) is 0 Å². The number of anilines is 2. The normalized spacial score (nSPS) is 12.6. The van der Waals surface area contributed by atoms with Crippen LogP contribution >= 0.6 is 0 Å². The van der Waals surface area contributed by atoms with Crippen LogP contribution in [-0.2, 0) is 19.6 Å². The first-order valence-electron chi connectivity index (χ1n) is 10.5. The number of carbonyl (C=O) groups excluding carboxylic acids is 2. The van der Waals surface area contributed by atoms with Gasteiger partial charge in [-0.05, 0) is 49.2 Å². The molecule has 10 nitrogen and oxygen atoms in total. The number of ether oxygens (including phenoxy) is 3. The third-order valence-corrected chi connectivity index (χ3v) is 6.26. The number of hydrogen-bond acceptors (Lipinski definition) is 7. The number of benzene rings is 2. The lowest BCUT2D eigenvalue weighted by molar-refractivity contribution is -0.116. The average Bonchev–Trinajstić information content (AvgIpc) is 2.82. The highest BCUT2D eigenvalue weighted by Crippen LogP contribution is 2.32. The lowest BCUT2D eigenvalue weighted by Gasteiger charge is -2.18. The van der Waals surface area contributed by atoms with Crippen LogP contribution in [-0.4, -0.2) is 47.3 Å². The summed E-state index contributed by atoms with van der Waals surface area (Å²) in [6.07, 6.45) is 1.67. The first kappa shape index (κ1) is 24.3. The van der Waals surface area contributed by atoms with E-state index in [2.05, 4.69) is 20.1 Å². The first-order chi connectivity index (χ1) is 15.9.